The fourth-order valence-electron chi connectivity index (χ4n) is 3.92. The number of nitrogens with one attached hydrogen (secondary N) is 1. The molecule has 1 N–H and O–H groups in total. The van der Waals surface area contributed by atoms with Crippen LogP contribution in [0, 0.1) is 6.92 Å². The number of hydrogen-bond donors (Lipinski definition) is 1. The number of likely N-dealkylation sites (N-methyl/N-ethyl adjacent to an activating group) is 1. The molecule has 1 fully saturated rings. The van der Waals surface area contributed by atoms with Crippen molar-refractivity contribution in [3.63, 3.8) is 0 Å². The van der Waals surface area contributed by atoms with Crippen LogP contribution in [0.3, 0.4) is 0 Å². The molecule has 3 rings (SSSR count). The maximum Gasteiger partial charge on any atom is 0.339 e. The van der Waals surface area contributed by atoms with E-state index >= 15 is 0 Å². The van der Waals surface area contributed by atoms with E-state index in [9.17, 15) is 9.59 Å². The number of hydrogen-bond acceptors (Lipinski definition) is 5. The van der Waals surface area contributed by atoms with Crippen LogP contribution in [0.2, 0.25) is 0 Å². The largest absolute Gasteiger partial charge is 0.497 e. The van der Waals surface area contributed by atoms with Gasteiger partial charge in [0.2, 0.25) is 5.91 Å². The molecule has 0 bridgehead atoms. The first-order valence-electron chi connectivity index (χ1n) is 9.40. The van der Waals surface area contributed by atoms with E-state index in [1.807, 2.05) is 33.2 Å². The lowest BCUT2D eigenvalue weighted by atomic mass is 9.76. The molecular formula is C21H28N2O4. The summed E-state index contributed by atoms with van der Waals surface area (Å²) in [6.07, 6.45) is 3.82. The summed E-state index contributed by atoms with van der Waals surface area (Å²) < 4.78 is 10.6. The van der Waals surface area contributed by atoms with Crippen molar-refractivity contribution in [1.29, 1.82) is 0 Å². The van der Waals surface area contributed by atoms with E-state index in [0.29, 0.717) is 23.3 Å². The average Bonchev–Trinajstić information content (AvgIpc) is 2.58. The number of nitrogens with zero attached hydrogens (tertiary/aromatic N) is 1. The maximum absolute atomic E-state index is 12.5. The second-order valence-electron chi connectivity index (χ2n) is 7.78. The Balaban J connectivity index is 1.73. The van der Waals surface area contributed by atoms with E-state index in [1.54, 1.807) is 13.2 Å². The van der Waals surface area contributed by atoms with Crippen molar-refractivity contribution in [2.45, 2.75) is 44.6 Å². The zero-order chi connectivity index (χ0) is 19.6. The highest BCUT2D eigenvalue weighted by Gasteiger charge is 2.38. The second-order valence-corrected chi connectivity index (χ2v) is 7.78. The van der Waals surface area contributed by atoms with Gasteiger partial charge in [-0.05, 0) is 64.4 Å². The van der Waals surface area contributed by atoms with Crippen LogP contribution in [-0.4, -0.2) is 44.1 Å². The van der Waals surface area contributed by atoms with Gasteiger partial charge in [0.15, 0.2) is 0 Å². The Morgan fingerprint density at radius 2 is 2.07 bits per heavy atom. The molecule has 1 aromatic heterocycles. The summed E-state index contributed by atoms with van der Waals surface area (Å²) in [6.45, 7) is 2.75. The van der Waals surface area contributed by atoms with Crippen LogP contribution in [-0.2, 0) is 11.2 Å². The number of carbonyl (C=O) groups is 1. The smallest absolute Gasteiger partial charge is 0.339 e. The summed E-state index contributed by atoms with van der Waals surface area (Å²) in [6, 6.07) is 5.44. The number of fused-ring (bicyclic) bond motifs is 1. The highest BCUT2D eigenvalue weighted by molar-refractivity contribution is 5.83. The monoisotopic (exact) mass is 372 g/mol. The van der Waals surface area contributed by atoms with E-state index in [-0.39, 0.29) is 23.5 Å². The lowest BCUT2D eigenvalue weighted by Gasteiger charge is -2.44. The minimum Gasteiger partial charge on any atom is -0.497 e. The quantitative estimate of drug-likeness (QED) is 0.757. The van der Waals surface area contributed by atoms with Crippen molar-refractivity contribution >= 4 is 16.9 Å². The highest BCUT2D eigenvalue weighted by atomic mass is 16.5. The van der Waals surface area contributed by atoms with Gasteiger partial charge in [0.1, 0.15) is 11.3 Å². The number of aryl methyl sites for hydroxylation is 1. The molecule has 146 valence electrons. The molecule has 0 spiro atoms. The molecule has 6 heteroatoms. The third-order valence-electron chi connectivity index (χ3n) is 5.43. The number of benzene rings is 1. The van der Waals surface area contributed by atoms with Crippen molar-refractivity contribution < 1.29 is 13.9 Å². The topological polar surface area (TPSA) is 71.8 Å². The third kappa shape index (κ3) is 4.16. The van der Waals surface area contributed by atoms with Crippen LogP contribution < -0.4 is 15.7 Å². The molecule has 27 heavy (non-hydrogen) atoms. The van der Waals surface area contributed by atoms with Crippen LogP contribution in [0.5, 0.6) is 5.75 Å². The molecule has 1 amide bonds. The molecule has 6 nitrogen and oxygen atoms in total. The fraction of sp³-hybridized carbons (Fsp3) is 0.524. The van der Waals surface area contributed by atoms with Crippen LogP contribution in [0.4, 0.5) is 0 Å². The molecule has 1 saturated carbocycles. The normalized spacial score (nSPS) is 15.6. The second kappa shape index (κ2) is 7.72. The van der Waals surface area contributed by atoms with Gasteiger partial charge in [0, 0.05) is 30.0 Å². The first-order valence-corrected chi connectivity index (χ1v) is 9.40. The Labute approximate surface area is 159 Å². The van der Waals surface area contributed by atoms with E-state index in [2.05, 4.69) is 10.2 Å². The van der Waals surface area contributed by atoms with Crippen LogP contribution in [0.1, 0.15) is 36.8 Å². The Morgan fingerprint density at radius 1 is 1.33 bits per heavy atom. The number of rotatable bonds is 7. The minimum atomic E-state index is -0.382. The number of ether oxygens (including phenoxy) is 1. The Kier molecular flexibility index (Phi) is 5.56. The summed E-state index contributed by atoms with van der Waals surface area (Å²) in [7, 11) is 5.61. The minimum absolute atomic E-state index is 0.00909. The Morgan fingerprint density at radius 3 is 2.67 bits per heavy atom. The van der Waals surface area contributed by atoms with E-state index in [1.165, 1.54) is 0 Å². The van der Waals surface area contributed by atoms with Gasteiger partial charge >= 0.3 is 5.63 Å². The summed E-state index contributed by atoms with van der Waals surface area (Å²) in [4.78, 5) is 27.0. The van der Waals surface area contributed by atoms with Crippen LogP contribution in [0.15, 0.2) is 27.4 Å². The molecule has 1 heterocycles. The van der Waals surface area contributed by atoms with Gasteiger partial charge in [-0.15, -0.1) is 0 Å². The predicted molar refractivity (Wildman–Crippen MR) is 105 cm³/mol. The Bertz CT molecular complexity index is 897. The lowest BCUT2D eigenvalue weighted by molar-refractivity contribution is -0.124. The number of methoxy groups -OCH3 is 1. The van der Waals surface area contributed by atoms with Crippen molar-refractivity contribution in [2.75, 3.05) is 27.7 Å². The van der Waals surface area contributed by atoms with Gasteiger partial charge < -0.3 is 19.4 Å². The molecule has 1 aromatic carbocycles. The molecule has 0 saturated heterocycles. The van der Waals surface area contributed by atoms with E-state index < -0.39 is 0 Å². The fourth-order valence-corrected chi connectivity index (χ4v) is 3.92. The SMILES string of the molecule is COc1ccc2c(C)c(CCC(=O)NC3(CN(C)C)CCC3)c(=O)oc2c1. The van der Waals surface area contributed by atoms with Gasteiger partial charge in [-0.3, -0.25) is 4.79 Å². The average molecular weight is 372 g/mol. The standard InChI is InChI=1S/C21H28N2O4/c1-14-16-7-6-15(26-4)12-18(16)27-20(25)17(14)8-9-19(24)22-21(10-5-11-21)13-23(2)3/h6-7,12H,5,8-11,13H2,1-4H3,(H,22,24). The number of carbonyl (C=O) groups excluding carboxylic acids is 1. The van der Waals surface area contributed by atoms with E-state index in [4.69, 9.17) is 9.15 Å². The van der Waals surface area contributed by atoms with Gasteiger partial charge in [-0.25, -0.2) is 4.79 Å². The maximum atomic E-state index is 12.5. The summed E-state index contributed by atoms with van der Waals surface area (Å²) in [5, 5.41) is 4.06. The first kappa shape index (κ1) is 19.4. The van der Waals surface area contributed by atoms with Gasteiger partial charge in [-0.2, -0.15) is 0 Å². The summed E-state index contributed by atoms with van der Waals surface area (Å²) in [5.74, 6) is 0.633. The number of amides is 1. The van der Waals surface area contributed by atoms with Crippen molar-refractivity contribution in [1.82, 2.24) is 10.2 Å². The van der Waals surface area contributed by atoms with Gasteiger partial charge in [0.05, 0.1) is 12.6 Å². The van der Waals surface area contributed by atoms with Crippen LogP contribution in [0.25, 0.3) is 11.0 Å². The lowest BCUT2D eigenvalue weighted by Crippen LogP contribution is -2.58. The first-order chi connectivity index (χ1) is 12.8. The third-order valence-corrected chi connectivity index (χ3v) is 5.43. The molecule has 1 aliphatic carbocycles. The molecule has 2 aromatic rings. The molecule has 0 radical (unpaired) electrons. The van der Waals surface area contributed by atoms with Crippen molar-refractivity contribution in [2.24, 2.45) is 0 Å². The van der Waals surface area contributed by atoms with Gasteiger partial charge in [-0.1, -0.05) is 0 Å². The zero-order valence-electron chi connectivity index (χ0n) is 16.6. The summed E-state index contributed by atoms with van der Waals surface area (Å²) >= 11 is 0. The molecule has 1 aliphatic rings. The molecular weight excluding hydrogens is 344 g/mol. The summed E-state index contributed by atoms with van der Waals surface area (Å²) in [5.41, 5.74) is 1.44. The van der Waals surface area contributed by atoms with Crippen LogP contribution >= 0.6 is 0 Å². The van der Waals surface area contributed by atoms with Crippen molar-refractivity contribution in [3.05, 3.63) is 39.7 Å². The molecule has 0 unspecified atom stereocenters. The molecule has 0 aliphatic heterocycles. The highest BCUT2D eigenvalue weighted by Crippen LogP contribution is 2.32. The van der Waals surface area contributed by atoms with Crippen molar-refractivity contribution in [3.8, 4) is 5.75 Å². The predicted octanol–water partition coefficient (Wildman–Crippen LogP) is 2.64. The zero-order valence-corrected chi connectivity index (χ0v) is 16.6. The van der Waals surface area contributed by atoms with E-state index in [0.717, 1.165) is 36.8 Å². The van der Waals surface area contributed by atoms with Gasteiger partial charge in [0.25, 0.3) is 0 Å². The Hall–Kier alpha value is -2.34. The molecule has 0 atom stereocenters.